The zero-order chi connectivity index (χ0) is 13.2. The summed E-state index contributed by atoms with van der Waals surface area (Å²) in [5.41, 5.74) is 1.51. The molecule has 4 nitrogen and oxygen atoms in total. The summed E-state index contributed by atoms with van der Waals surface area (Å²) in [4.78, 5) is 16.0. The van der Waals surface area contributed by atoms with Crippen LogP contribution in [-0.4, -0.2) is 12.1 Å². The average Bonchev–Trinajstić information content (AvgIpc) is 2.47. The molecular formula is C15H11NO3. The number of pyridine rings is 1. The van der Waals surface area contributed by atoms with Crippen LogP contribution in [0.25, 0.3) is 22.4 Å². The maximum atomic E-state index is 11.9. The lowest BCUT2D eigenvalue weighted by molar-refractivity contribution is 0.415. The van der Waals surface area contributed by atoms with Gasteiger partial charge >= 0.3 is 0 Å². The molecule has 0 amide bonds. The van der Waals surface area contributed by atoms with Gasteiger partial charge in [-0.3, -0.25) is 4.79 Å². The molecule has 0 aliphatic rings. The zero-order valence-corrected chi connectivity index (χ0v) is 10.3. The van der Waals surface area contributed by atoms with E-state index in [9.17, 15) is 4.79 Å². The molecule has 0 bridgehead atoms. The monoisotopic (exact) mass is 253 g/mol. The molecule has 3 aromatic rings. The van der Waals surface area contributed by atoms with Crippen LogP contribution in [0.3, 0.4) is 0 Å². The Morgan fingerprint density at radius 2 is 1.95 bits per heavy atom. The number of aromatic nitrogens is 1. The van der Waals surface area contributed by atoms with Gasteiger partial charge in [-0.2, -0.15) is 0 Å². The van der Waals surface area contributed by atoms with Crippen molar-refractivity contribution in [2.24, 2.45) is 0 Å². The van der Waals surface area contributed by atoms with Gasteiger partial charge in [0.15, 0.2) is 11.1 Å². The molecule has 2 heterocycles. The summed E-state index contributed by atoms with van der Waals surface area (Å²) in [7, 11) is 1.61. The molecule has 0 aliphatic heterocycles. The van der Waals surface area contributed by atoms with E-state index in [0.717, 1.165) is 11.3 Å². The molecule has 1 aromatic carbocycles. The van der Waals surface area contributed by atoms with E-state index in [1.807, 2.05) is 24.3 Å². The van der Waals surface area contributed by atoms with E-state index in [1.165, 1.54) is 6.07 Å². The Labute approximate surface area is 109 Å². The Bertz CT molecular complexity index is 775. The van der Waals surface area contributed by atoms with Gasteiger partial charge in [0.2, 0.25) is 5.43 Å². The Kier molecular flexibility index (Phi) is 2.76. The molecule has 0 atom stereocenters. The summed E-state index contributed by atoms with van der Waals surface area (Å²) in [6.45, 7) is 0. The zero-order valence-electron chi connectivity index (χ0n) is 10.3. The van der Waals surface area contributed by atoms with Crippen molar-refractivity contribution in [3.05, 3.63) is 58.9 Å². The molecule has 0 unspecified atom stereocenters. The smallest absolute Gasteiger partial charge is 0.211 e. The van der Waals surface area contributed by atoms with Crippen molar-refractivity contribution in [3.63, 3.8) is 0 Å². The maximum Gasteiger partial charge on any atom is 0.211 e. The van der Waals surface area contributed by atoms with Crippen LogP contribution in [0.1, 0.15) is 0 Å². The van der Waals surface area contributed by atoms with Crippen molar-refractivity contribution in [1.82, 2.24) is 4.98 Å². The van der Waals surface area contributed by atoms with Crippen molar-refractivity contribution in [2.45, 2.75) is 0 Å². The fraction of sp³-hybridized carbons (Fsp3) is 0.0667. The summed E-state index contributed by atoms with van der Waals surface area (Å²) in [6.07, 6.45) is 1.58. The van der Waals surface area contributed by atoms with Crippen LogP contribution < -0.4 is 10.2 Å². The molecule has 94 valence electrons. The third-order valence-corrected chi connectivity index (χ3v) is 2.86. The molecule has 0 N–H and O–H groups in total. The highest BCUT2D eigenvalue weighted by Gasteiger charge is 2.07. The molecular weight excluding hydrogens is 242 g/mol. The fourth-order valence-corrected chi connectivity index (χ4v) is 1.89. The van der Waals surface area contributed by atoms with Crippen LogP contribution in [0.15, 0.2) is 57.9 Å². The van der Waals surface area contributed by atoms with Gasteiger partial charge in [-0.05, 0) is 36.4 Å². The van der Waals surface area contributed by atoms with Crippen LogP contribution in [0.4, 0.5) is 0 Å². The molecule has 2 aromatic heterocycles. The molecule has 0 aliphatic carbocycles. The van der Waals surface area contributed by atoms with E-state index < -0.39 is 0 Å². The first-order chi connectivity index (χ1) is 9.28. The maximum absolute atomic E-state index is 11.9. The SMILES string of the molecule is COc1ccc(-c2cc(=O)c3ncccc3o2)cc1. The quantitative estimate of drug-likeness (QED) is 0.704. The third kappa shape index (κ3) is 2.08. The van der Waals surface area contributed by atoms with Crippen LogP contribution in [0, 0.1) is 0 Å². The number of rotatable bonds is 2. The lowest BCUT2D eigenvalue weighted by Gasteiger charge is -2.04. The number of nitrogens with zero attached hydrogens (tertiary/aromatic N) is 1. The van der Waals surface area contributed by atoms with E-state index in [0.29, 0.717) is 16.9 Å². The van der Waals surface area contributed by atoms with Crippen molar-refractivity contribution in [2.75, 3.05) is 7.11 Å². The molecule has 4 heteroatoms. The van der Waals surface area contributed by atoms with E-state index in [2.05, 4.69) is 4.98 Å². The van der Waals surface area contributed by atoms with Crippen LogP contribution >= 0.6 is 0 Å². The Morgan fingerprint density at radius 3 is 2.68 bits per heavy atom. The van der Waals surface area contributed by atoms with Crippen LogP contribution in [0.5, 0.6) is 5.75 Å². The van der Waals surface area contributed by atoms with Gasteiger partial charge in [-0.15, -0.1) is 0 Å². The second-order valence-corrected chi connectivity index (χ2v) is 4.05. The number of hydrogen-bond donors (Lipinski definition) is 0. The van der Waals surface area contributed by atoms with Gasteiger partial charge in [0, 0.05) is 17.8 Å². The molecule has 19 heavy (non-hydrogen) atoms. The van der Waals surface area contributed by atoms with Crippen LogP contribution in [0.2, 0.25) is 0 Å². The number of benzene rings is 1. The second kappa shape index (κ2) is 4.57. The van der Waals surface area contributed by atoms with E-state index >= 15 is 0 Å². The van der Waals surface area contributed by atoms with Crippen molar-refractivity contribution in [1.29, 1.82) is 0 Å². The highest BCUT2D eigenvalue weighted by molar-refractivity contribution is 5.74. The minimum atomic E-state index is -0.146. The molecule has 0 saturated heterocycles. The van der Waals surface area contributed by atoms with Gasteiger partial charge < -0.3 is 9.15 Å². The van der Waals surface area contributed by atoms with Gasteiger partial charge in [0.05, 0.1) is 7.11 Å². The van der Waals surface area contributed by atoms with Gasteiger partial charge in [0.1, 0.15) is 11.5 Å². The lowest BCUT2D eigenvalue weighted by atomic mass is 10.1. The fourth-order valence-electron chi connectivity index (χ4n) is 1.89. The standard InChI is InChI=1S/C15H11NO3/c1-18-11-6-4-10(5-7-11)14-9-12(17)15-13(19-14)3-2-8-16-15/h2-9H,1H3. The predicted molar refractivity (Wildman–Crippen MR) is 72.3 cm³/mol. The normalized spacial score (nSPS) is 10.6. The summed E-state index contributed by atoms with van der Waals surface area (Å²) in [5, 5.41) is 0. The molecule has 0 saturated carbocycles. The summed E-state index contributed by atoms with van der Waals surface area (Å²) in [6, 6.07) is 12.3. The first-order valence-electron chi connectivity index (χ1n) is 5.81. The highest BCUT2D eigenvalue weighted by Crippen LogP contribution is 2.23. The number of methoxy groups -OCH3 is 1. The Hall–Kier alpha value is -2.62. The predicted octanol–water partition coefficient (Wildman–Crippen LogP) is 2.86. The van der Waals surface area contributed by atoms with Crippen LogP contribution in [-0.2, 0) is 0 Å². The molecule has 3 rings (SSSR count). The third-order valence-electron chi connectivity index (χ3n) is 2.86. The first-order valence-corrected chi connectivity index (χ1v) is 5.81. The van der Waals surface area contributed by atoms with Crippen molar-refractivity contribution >= 4 is 11.1 Å². The topological polar surface area (TPSA) is 52.3 Å². The Morgan fingerprint density at radius 1 is 1.16 bits per heavy atom. The number of hydrogen-bond acceptors (Lipinski definition) is 4. The summed E-state index contributed by atoms with van der Waals surface area (Å²) >= 11 is 0. The average molecular weight is 253 g/mol. The highest BCUT2D eigenvalue weighted by atomic mass is 16.5. The first kappa shape index (κ1) is 11.5. The molecule has 0 spiro atoms. The second-order valence-electron chi connectivity index (χ2n) is 4.05. The number of fused-ring (bicyclic) bond motifs is 1. The Balaban J connectivity index is 2.16. The number of ether oxygens (including phenoxy) is 1. The van der Waals surface area contributed by atoms with E-state index in [-0.39, 0.29) is 5.43 Å². The molecule has 0 radical (unpaired) electrons. The van der Waals surface area contributed by atoms with Gasteiger partial charge in [0.25, 0.3) is 0 Å². The summed E-state index contributed by atoms with van der Waals surface area (Å²) < 4.78 is 10.8. The van der Waals surface area contributed by atoms with Gasteiger partial charge in [-0.1, -0.05) is 0 Å². The van der Waals surface area contributed by atoms with Crippen molar-refractivity contribution < 1.29 is 9.15 Å². The van der Waals surface area contributed by atoms with Gasteiger partial charge in [-0.25, -0.2) is 4.98 Å². The largest absolute Gasteiger partial charge is 0.497 e. The lowest BCUT2D eigenvalue weighted by Crippen LogP contribution is -2.02. The van der Waals surface area contributed by atoms with Crippen molar-refractivity contribution in [3.8, 4) is 17.1 Å². The molecule has 0 fully saturated rings. The summed E-state index contributed by atoms with van der Waals surface area (Å²) in [5.74, 6) is 1.28. The minimum absolute atomic E-state index is 0.146. The van der Waals surface area contributed by atoms with E-state index in [4.69, 9.17) is 9.15 Å². The minimum Gasteiger partial charge on any atom is -0.497 e. The van der Waals surface area contributed by atoms with E-state index in [1.54, 1.807) is 25.4 Å².